The summed E-state index contributed by atoms with van der Waals surface area (Å²) in [5.74, 6) is -1.04. The topological polar surface area (TPSA) is 65.1 Å². The second-order valence-corrected chi connectivity index (χ2v) is 5.57. The first-order chi connectivity index (χ1) is 10.9. The number of anilines is 1. The van der Waals surface area contributed by atoms with Gasteiger partial charge in [-0.2, -0.15) is 0 Å². The van der Waals surface area contributed by atoms with Gasteiger partial charge in [0.25, 0.3) is 0 Å². The highest BCUT2D eigenvalue weighted by Gasteiger charge is 2.34. The number of carbonyl (C=O) groups is 2. The van der Waals surface area contributed by atoms with Crippen LogP contribution in [-0.4, -0.2) is 31.4 Å². The van der Waals surface area contributed by atoms with Gasteiger partial charge in [0, 0.05) is 0 Å². The van der Waals surface area contributed by atoms with Crippen LogP contribution in [-0.2, 0) is 23.8 Å². The van der Waals surface area contributed by atoms with E-state index in [1.165, 1.54) is 13.3 Å². The zero-order valence-corrected chi connectivity index (χ0v) is 13.9. The molecule has 1 heterocycles. The molecule has 0 saturated carbocycles. The minimum absolute atomic E-state index is 0.00904. The lowest BCUT2D eigenvalue weighted by Crippen LogP contribution is -2.32. The molecule has 0 spiro atoms. The lowest BCUT2D eigenvalue weighted by molar-refractivity contribution is -0.151. The van der Waals surface area contributed by atoms with Crippen LogP contribution in [0.3, 0.4) is 0 Å². The van der Waals surface area contributed by atoms with Gasteiger partial charge >= 0.3 is 11.9 Å². The first kappa shape index (κ1) is 17.1. The van der Waals surface area contributed by atoms with E-state index in [0.717, 1.165) is 0 Å². The maximum Gasteiger partial charge on any atom is 0.374 e. The van der Waals surface area contributed by atoms with Crippen molar-refractivity contribution in [1.82, 2.24) is 0 Å². The van der Waals surface area contributed by atoms with E-state index in [-0.39, 0.29) is 18.3 Å². The Morgan fingerprint density at radius 3 is 2.65 bits per heavy atom. The van der Waals surface area contributed by atoms with Crippen LogP contribution in [0.15, 0.2) is 36.2 Å². The van der Waals surface area contributed by atoms with E-state index >= 15 is 0 Å². The van der Waals surface area contributed by atoms with Crippen molar-refractivity contribution in [3.63, 3.8) is 0 Å². The average Bonchev–Trinajstić information content (AvgIpc) is 2.89. The Balaban J connectivity index is 2.25. The largest absolute Gasteiger partial charge is 0.463 e. The summed E-state index contributed by atoms with van der Waals surface area (Å²) < 4.78 is 15.3. The normalized spacial score (nSPS) is 16.8. The highest BCUT2D eigenvalue weighted by atomic mass is 35.5. The van der Waals surface area contributed by atoms with Crippen molar-refractivity contribution in [2.45, 2.75) is 32.6 Å². The second kappa shape index (κ2) is 7.37. The van der Waals surface area contributed by atoms with E-state index in [0.29, 0.717) is 10.7 Å². The molecule has 1 aliphatic heterocycles. The Labute approximate surface area is 139 Å². The molecule has 0 aromatic heterocycles. The molecule has 0 aliphatic carbocycles. The van der Waals surface area contributed by atoms with E-state index in [4.69, 9.17) is 21.1 Å². The number of halogens is 1. The Hall–Kier alpha value is -2.21. The number of para-hydroxylation sites is 1. The van der Waals surface area contributed by atoms with Crippen LogP contribution in [0.1, 0.15) is 20.3 Å². The molecule has 0 fully saturated rings. The molecule has 1 aromatic rings. The molecule has 0 amide bonds. The molecule has 0 bridgehead atoms. The molecule has 0 saturated heterocycles. The number of rotatable bonds is 5. The van der Waals surface area contributed by atoms with Gasteiger partial charge in [-0.15, -0.1) is 0 Å². The number of ether oxygens (including phenoxy) is 3. The van der Waals surface area contributed by atoms with Crippen LogP contribution >= 0.6 is 11.6 Å². The van der Waals surface area contributed by atoms with Crippen molar-refractivity contribution in [2.75, 3.05) is 12.0 Å². The van der Waals surface area contributed by atoms with Crippen LogP contribution in [0, 0.1) is 0 Å². The van der Waals surface area contributed by atoms with Gasteiger partial charge in [-0.1, -0.05) is 23.7 Å². The minimum atomic E-state index is -0.727. The molecule has 1 aliphatic rings. The summed E-state index contributed by atoms with van der Waals surface area (Å²) in [4.78, 5) is 25.2. The maximum absolute atomic E-state index is 11.9. The molecule has 7 heteroatoms. The van der Waals surface area contributed by atoms with Gasteiger partial charge in [-0.05, 0) is 26.0 Å². The van der Waals surface area contributed by atoms with Crippen LogP contribution in [0.4, 0.5) is 5.69 Å². The third kappa shape index (κ3) is 4.16. The monoisotopic (exact) mass is 339 g/mol. The number of esters is 2. The van der Waals surface area contributed by atoms with Gasteiger partial charge in [0.15, 0.2) is 6.23 Å². The summed E-state index contributed by atoms with van der Waals surface area (Å²) in [6.07, 6.45) is 0.460. The summed E-state index contributed by atoms with van der Waals surface area (Å²) in [6.45, 7) is 3.52. The third-order valence-electron chi connectivity index (χ3n) is 3.06. The number of hydrogen-bond acceptors (Lipinski definition) is 6. The summed E-state index contributed by atoms with van der Waals surface area (Å²) in [5.41, 5.74) is 0.621. The molecule has 23 heavy (non-hydrogen) atoms. The van der Waals surface area contributed by atoms with Gasteiger partial charge in [0.2, 0.25) is 5.76 Å². The number of hydrogen-bond donors (Lipinski definition) is 0. The Morgan fingerprint density at radius 2 is 2.04 bits per heavy atom. The zero-order valence-electron chi connectivity index (χ0n) is 13.1. The SMILES string of the molecule is COC(=O)C1=CN(c2ccccc2Cl)C(CC(=O)OC(C)C)O1. The van der Waals surface area contributed by atoms with Crippen LogP contribution in [0.5, 0.6) is 0 Å². The number of carbonyl (C=O) groups excluding carboxylic acids is 2. The lowest BCUT2D eigenvalue weighted by atomic mass is 10.2. The van der Waals surface area contributed by atoms with Crippen molar-refractivity contribution in [2.24, 2.45) is 0 Å². The van der Waals surface area contributed by atoms with E-state index in [9.17, 15) is 9.59 Å². The van der Waals surface area contributed by atoms with Crippen LogP contribution in [0.2, 0.25) is 5.02 Å². The summed E-state index contributed by atoms with van der Waals surface area (Å²) >= 11 is 6.19. The summed E-state index contributed by atoms with van der Waals surface area (Å²) in [7, 11) is 1.26. The molecule has 0 N–H and O–H groups in total. The van der Waals surface area contributed by atoms with Crippen molar-refractivity contribution in [3.8, 4) is 0 Å². The fourth-order valence-electron chi connectivity index (χ4n) is 2.12. The molecule has 1 atom stereocenters. The van der Waals surface area contributed by atoms with Crippen molar-refractivity contribution >= 4 is 29.2 Å². The van der Waals surface area contributed by atoms with Crippen LogP contribution < -0.4 is 4.90 Å². The Morgan fingerprint density at radius 1 is 1.35 bits per heavy atom. The van der Waals surface area contributed by atoms with Crippen molar-refractivity contribution < 1.29 is 23.8 Å². The molecule has 2 rings (SSSR count). The highest BCUT2D eigenvalue weighted by Crippen LogP contribution is 2.33. The fraction of sp³-hybridized carbons (Fsp3) is 0.375. The van der Waals surface area contributed by atoms with Gasteiger partial charge < -0.3 is 19.1 Å². The molecule has 124 valence electrons. The lowest BCUT2D eigenvalue weighted by Gasteiger charge is -2.24. The molecular weight excluding hydrogens is 322 g/mol. The average molecular weight is 340 g/mol. The second-order valence-electron chi connectivity index (χ2n) is 5.16. The zero-order chi connectivity index (χ0) is 17.0. The third-order valence-corrected chi connectivity index (χ3v) is 3.37. The highest BCUT2D eigenvalue weighted by molar-refractivity contribution is 6.33. The maximum atomic E-state index is 11.9. The summed E-state index contributed by atoms with van der Waals surface area (Å²) in [6, 6.07) is 7.07. The standard InChI is InChI=1S/C16H18ClNO5/c1-10(2)22-15(19)8-14-18(9-13(23-14)16(20)21-3)12-7-5-4-6-11(12)17/h4-7,9-10,14H,8H2,1-3H3. The van der Waals surface area contributed by atoms with E-state index in [1.54, 1.807) is 43.0 Å². The molecule has 6 nitrogen and oxygen atoms in total. The van der Waals surface area contributed by atoms with Crippen molar-refractivity contribution in [3.05, 3.63) is 41.2 Å². The van der Waals surface area contributed by atoms with Crippen molar-refractivity contribution in [1.29, 1.82) is 0 Å². The summed E-state index contributed by atoms with van der Waals surface area (Å²) in [5, 5.41) is 0.473. The van der Waals surface area contributed by atoms with Gasteiger partial charge in [0.05, 0.1) is 30.1 Å². The molecule has 0 radical (unpaired) electrons. The predicted octanol–water partition coefficient (Wildman–Crippen LogP) is 2.86. The molecule has 1 aromatic carbocycles. The minimum Gasteiger partial charge on any atom is -0.463 e. The first-order valence-corrected chi connectivity index (χ1v) is 7.49. The number of methoxy groups -OCH3 is 1. The van der Waals surface area contributed by atoms with E-state index in [1.807, 2.05) is 0 Å². The molecular formula is C16H18ClNO5. The van der Waals surface area contributed by atoms with E-state index in [2.05, 4.69) is 4.74 Å². The van der Waals surface area contributed by atoms with Gasteiger partial charge in [-0.25, -0.2) is 4.79 Å². The molecule has 1 unspecified atom stereocenters. The quantitative estimate of drug-likeness (QED) is 0.769. The predicted molar refractivity (Wildman–Crippen MR) is 84.7 cm³/mol. The number of benzene rings is 1. The van der Waals surface area contributed by atoms with Crippen LogP contribution in [0.25, 0.3) is 0 Å². The first-order valence-electron chi connectivity index (χ1n) is 7.11. The Kier molecular flexibility index (Phi) is 5.50. The van der Waals surface area contributed by atoms with Gasteiger partial charge in [-0.3, -0.25) is 4.79 Å². The smallest absolute Gasteiger partial charge is 0.374 e. The number of nitrogens with zero attached hydrogens (tertiary/aromatic N) is 1. The fourth-order valence-corrected chi connectivity index (χ4v) is 2.36. The van der Waals surface area contributed by atoms with Gasteiger partial charge in [0.1, 0.15) is 6.42 Å². The van der Waals surface area contributed by atoms with E-state index < -0.39 is 18.2 Å². The Bertz CT molecular complexity index is 629.